The van der Waals surface area contributed by atoms with Crippen LogP contribution < -0.4 is 4.90 Å². The van der Waals surface area contributed by atoms with Gasteiger partial charge in [-0.2, -0.15) is 0 Å². The molecule has 2 aliphatic heterocycles. The third-order valence-corrected chi connectivity index (χ3v) is 6.83. The van der Waals surface area contributed by atoms with Crippen LogP contribution in [-0.4, -0.2) is 47.9 Å². The number of nitrogens with zero attached hydrogens (tertiary/aromatic N) is 3. The number of aromatic nitrogens is 1. The van der Waals surface area contributed by atoms with Crippen LogP contribution in [0.3, 0.4) is 0 Å². The molecule has 1 aromatic heterocycles. The molecule has 0 amide bonds. The minimum atomic E-state index is -0.175. The van der Waals surface area contributed by atoms with E-state index < -0.39 is 0 Å². The Bertz CT molecular complexity index is 1080. The summed E-state index contributed by atoms with van der Waals surface area (Å²) in [7, 11) is 0. The fourth-order valence-electron chi connectivity index (χ4n) is 4.98. The summed E-state index contributed by atoms with van der Waals surface area (Å²) in [5.41, 5.74) is 5.12. The van der Waals surface area contributed by atoms with Gasteiger partial charge in [-0.3, -0.25) is 9.78 Å². The predicted molar refractivity (Wildman–Crippen MR) is 125 cm³/mol. The van der Waals surface area contributed by atoms with Crippen LogP contribution in [-0.2, 0) is 12.8 Å². The third kappa shape index (κ3) is 4.44. The Labute approximate surface area is 188 Å². The van der Waals surface area contributed by atoms with Crippen LogP contribution in [0, 0.1) is 5.82 Å². The molecule has 1 fully saturated rings. The van der Waals surface area contributed by atoms with Crippen LogP contribution in [0.15, 0.2) is 67.0 Å². The van der Waals surface area contributed by atoms with Crippen LogP contribution in [0.25, 0.3) is 0 Å². The summed E-state index contributed by atoms with van der Waals surface area (Å²) in [5, 5.41) is 0. The Morgan fingerprint density at radius 2 is 1.81 bits per heavy atom. The van der Waals surface area contributed by atoms with Gasteiger partial charge in [0.15, 0.2) is 5.78 Å². The number of carbonyl (C=O) groups excluding carboxylic acids is 1. The van der Waals surface area contributed by atoms with Gasteiger partial charge in [-0.15, -0.1) is 0 Å². The number of hydrogen-bond acceptors (Lipinski definition) is 4. The molecule has 0 bridgehead atoms. The van der Waals surface area contributed by atoms with Crippen LogP contribution in [0.4, 0.5) is 10.1 Å². The summed E-state index contributed by atoms with van der Waals surface area (Å²) in [6.45, 7) is 4.19. The molecule has 164 valence electrons. The van der Waals surface area contributed by atoms with E-state index in [0.717, 1.165) is 57.4 Å². The van der Waals surface area contributed by atoms with Crippen molar-refractivity contribution in [1.82, 2.24) is 9.88 Å². The number of piperidine rings is 1. The van der Waals surface area contributed by atoms with E-state index in [2.05, 4.69) is 26.9 Å². The molecular formula is C27H28FN3O. The molecule has 0 saturated carbocycles. The molecule has 0 spiro atoms. The van der Waals surface area contributed by atoms with Gasteiger partial charge in [-0.05, 0) is 67.1 Å². The number of likely N-dealkylation sites (tertiary alicyclic amines) is 1. The van der Waals surface area contributed by atoms with Crippen LogP contribution in [0.5, 0.6) is 0 Å². The van der Waals surface area contributed by atoms with Crippen molar-refractivity contribution in [2.75, 3.05) is 31.1 Å². The first-order valence-electron chi connectivity index (χ1n) is 11.5. The number of carbonyl (C=O) groups is 1. The highest BCUT2D eigenvalue weighted by Crippen LogP contribution is 2.34. The van der Waals surface area contributed by atoms with Gasteiger partial charge in [0.05, 0.1) is 0 Å². The monoisotopic (exact) mass is 429 g/mol. The van der Waals surface area contributed by atoms with Gasteiger partial charge in [0, 0.05) is 61.4 Å². The first-order chi connectivity index (χ1) is 15.7. The number of pyridine rings is 1. The number of rotatable bonds is 6. The first kappa shape index (κ1) is 20.8. The maximum Gasteiger partial charge on any atom is 0.194 e. The lowest BCUT2D eigenvalue weighted by Crippen LogP contribution is -2.45. The highest BCUT2D eigenvalue weighted by molar-refractivity contribution is 6.09. The molecule has 5 heteroatoms. The first-order valence-corrected chi connectivity index (χ1v) is 11.5. The van der Waals surface area contributed by atoms with Gasteiger partial charge < -0.3 is 9.80 Å². The van der Waals surface area contributed by atoms with E-state index in [-0.39, 0.29) is 11.6 Å². The Balaban J connectivity index is 1.21. The molecule has 1 saturated heterocycles. The number of halogens is 1. The standard InChI is InChI=1S/C27H28FN3O/c28-24-7-3-20(4-8-24)9-14-30-15-11-25(12-16-30)31-17-10-21-5-6-22(18-26(21)31)27(32)23-2-1-13-29-19-23/h1-8,13,18-19,25H,9-12,14-17H2. The molecule has 2 aromatic carbocycles. The second kappa shape index (κ2) is 9.21. The Hall–Kier alpha value is -3.05. The van der Waals surface area contributed by atoms with E-state index >= 15 is 0 Å². The van der Waals surface area contributed by atoms with Crippen molar-refractivity contribution in [3.05, 3.63) is 95.1 Å². The summed E-state index contributed by atoms with van der Waals surface area (Å²) in [6, 6.07) is 17.1. The minimum absolute atomic E-state index is 0.0309. The maximum atomic E-state index is 13.1. The van der Waals surface area contributed by atoms with Crippen LogP contribution in [0.1, 0.15) is 39.9 Å². The fraction of sp³-hybridized carbons (Fsp3) is 0.333. The van der Waals surface area contributed by atoms with Gasteiger partial charge in [-0.1, -0.05) is 24.3 Å². The number of anilines is 1. The van der Waals surface area contributed by atoms with Gasteiger partial charge in [-0.25, -0.2) is 4.39 Å². The average Bonchev–Trinajstić information content (AvgIpc) is 3.27. The predicted octanol–water partition coefficient (Wildman–Crippen LogP) is 4.52. The lowest BCUT2D eigenvalue weighted by molar-refractivity contribution is 0.103. The number of fused-ring (bicyclic) bond motifs is 1. The van der Waals surface area contributed by atoms with Gasteiger partial charge in [0.25, 0.3) is 0 Å². The van der Waals surface area contributed by atoms with Crippen LogP contribution >= 0.6 is 0 Å². The topological polar surface area (TPSA) is 36.4 Å². The highest BCUT2D eigenvalue weighted by atomic mass is 19.1. The second-order valence-corrected chi connectivity index (χ2v) is 8.81. The van der Waals surface area contributed by atoms with Crippen molar-refractivity contribution >= 4 is 11.5 Å². The van der Waals surface area contributed by atoms with E-state index in [1.807, 2.05) is 24.3 Å². The van der Waals surface area contributed by atoms with Gasteiger partial charge in [0.1, 0.15) is 5.82 Å². The van der Waals surface area contributed by atoms with E-state index in [9.17, 15) is 9.18 Å². The van der Waals surface area contributed by atoms with Gasteiger partial charge in [0.2, 0.25) is 0 Å². The minimum Gasteiger partial charge on any atom is -0.368 e. The third-order valence-electron chi connectivity index (χ3n) is 6.83. The lowest BCUT2D eigenvalue weighted by Gasteiger charge is -2.38. The zero-order chi connectivity index (χ0) is 21.9. The summed E-state index contributed by atoms with van der Waals surface area (Å²) < 4.78 is 13.1. The van der Waals surface area contributed by atoms with Crippen molar-refractivity contribution < 1.29 is 9.18 Å². The van der Waals surface area contributed by atoms with Crippen molar-refractivity contribution in [1.29, 1.82) is 0 Å². The van der Waals surface area contributed by atoms with E-state index in [4.69, 9.17) is 0 Å². The molecule has 32 heavy (non-hydrogen) atoms. The van der Waals surface area contributed by atoms with Gasteiger partial charge >= 0.3 is 0 Å². The SMILES string of the molecule is O=C(c1cccnc1)c1ccc2c(c1)N(C1CCN(CCc3ccc(F)cc3)CC1)CC2. The van der Waals surface area contributed by atoms with Crippen molar-refractivity contribution in [2.45, 2.75) is 31.7 Å². The molecule has 0 radical (unpaired) electrons. The van der Waals surface area contributed by atoms with E-state index in [1.165, 1.54) is 16.8 Å². The Morgan fingerprint density at radius 3 is 2.56 bits per heavy atom. The quantitative estimate of drug-likeness (QED) is 0.540. The molecule has 3 heterocycles. The Morgan fingerprint density at radius 1 is 1.00 bits per heavy atom. The average molecular weight is 430 g/mol. The molecule has 0 atom stereocenters. The molecule has 4 nitrogen and oxygen atoms in total. The van der Waals surface area contributed by atoms with Crippen LogP contribution in [0.2, 0.25) is 0 Å². The smallest absolute Gasteiger partial charge is 0.194 e. The normalized spacial score (nSPS) is 16.8. The van der Waals surface area contributed by atoms with Crippen molar-refractivity contribution in [3.8, 4) is 0 Å². The number of hydrogen-bond donors (Lipinski definition) is 0. The fourth-order valence-corrected chi connectivity index (χ4v) is 4.98. The largest absolute Gasteiger partial charge is 0.368 e. The van der Waals surface area contributed by atoms with Crippen molar-refractivity contribution in [2.24, 2.45) is 0 Å². The molecule has 5 rings (SSSR count). The summed E-state index contributed by atoms with van der Waals surface area (Å²) in [6.07, 6.45) is 7.58. The summed E-state index contributed by atoms with van der Waals surface area (Å²) in [5.74, 6) is -0.144. The number of benzene rings is 2. The van der Waals surface area contributed by atoms with E-state index in [0.29, 0.717) is 11.6 Å². The molecular weight excluding hydrogens is 401 g/mol. The van der Waals surface area contributed by atoms with E-state index in [1.54, 1.807) is 30.6 Å². The molecule has 0 N–H and O–H groups in total. The number of ketones is 1. The molecule has 0 unspecified atom stereocenters. The molecule has 2 aliphatic rings. The molecule has 3 aromatic rings. The zero-order valence-electron chi connectivity index (χ0n) is 18.2. The lowest BCUT2D eigenvalue weighted by atomic mass is 10.00. The summed E-state index contributed by atoms with van der Waals surface area (Å²) in [4.78, 5) is 22.0. The summed E-state index contributed by atoms with van der Waals surface area (Å²) >= 11 is 0. The highest BCUT2D eigenvalue weighted by Gasteiger charge is 2.30. The maximum absolute atomic E-state index is 13.1. The Kier molecular flexibility index (Phi) is 5.99. The second-order valence-electron chi connectivity index (χ2n) is 8.81. The molecule has 0 aliphatic carbocycles. The van der Waals surface area contributed by atoms with Crippen molar-refractivity contribution in [3.63, 3.8) is 0 Å². The zero-order valence-corrected chi connectivity index (χ0v) is 18.2.